The molecule has 2 N–H and O–H groups in total. The number of hydrogen-bond donors (Lipinski definition) is 1. The van der Waals surface area contributed by atoms with Crippen molar-refractivity contribution in [2.45, 2.75) is 11.8 Å². The van der Waals surface area contributed by atoms with Crippen LogP contribution >= 0.6 is 0 Å². The van der Waals surface area contributed by atoms with Crippen LogP contribution in [0.5, 0.6) is 0 Å². The van der Waals surface area contributed by atoms with Crippen LogP contribution in [0.15, 0.2) is 23.1 Å². The summed E-state index contributed by atoms with van der Waals surface area (Å²) in [4.78, 5) is 11.3. The van der Waals surface area contributed by atoms with Crippen molar-refractivity contribution < 1.29 is 17.9 Å². The minimum absolute atomic E-state index is 0.00991. The van der Waals surface area contributed by atoms with Gasteiger partial charge in [-0.3, -0.25) is 0 Å². The first-order valence-electron chi connectivity index (χ1n) is 4.63. The Bertz CT molecular complexity index is 508. The van der Waals surface area contributed by atoms with Crippen molar-refractivity contribution in [1.82, 2.24) is 0 Å². The second kappa shape index (κ2) is 4.52. The summed E-state index contributed by atoms with van der Waals surface area (Å²) in [6.07, 6.45) is 0. The highest BCUT2D eigenvalue weighted by atomic mass is 32.2. The second-order valence-electron chi connectivity index (χ2n) is 3.14. The fourth-order valence-electron chi connectivity index (χ4n) is 1.20. The highest BCUT2D eigenvalue weighted by molar-refractivity contribution is 7.91. The van der Waals surface area contributed by atoms with Gasteiger partial charge in [0.15, 0.2) is 9.84 Å². The number of nitrogen functional groups attached to an aromatic ring is 1. The Hall–Kier alpha value is -1.56. The van der Waals surface area contributed by atoms with Gasteiger partial charge in [0.25, 0.3) is 0 Å². The van der Waals surface area contributed by atoms with Gasteiger partial charge in [0.05, 0.1) is 23.3 Å². The number of anilines is 1. The molecule has 0 aromatic heterocycles. The second-order valence-corrected chi connectivity index (χ2v) is 5.42. The van der Waals surface area contributed by atoms with Crippen LogP contribution in [0.2, 0.25) is 0 Å². The average molecular weight is 243 g/mol. The largest absolute Gasteiger partial charge is 0.465 e. The van der Waals surface area contributed by atoms with Crippen molar-refractivity contribution in [1.29, 1.82) is 0 Å². The van der Waals surface area contributed by atoms with E-state index in [1.54, 1.807) is 6.92 Å². The molecule has 0 aliphatic heterocycles. The minimum atomic E-state index is -3.30. The molecule has 0 fully saturated rings. The normalized spacial score (nSPS) is 11.1. The number of ether oxygens (including phenoxy) is 1. The van der Waals surface area contributed by atoms with E-state index in [1.807, 2.05) is 0 Å². The van der Waals surface area contributed by atoms with Crippen LogP contribution in [0, 0.1) is 0 Å². The van der Waals surface area contributed by atoms with Crippen molar-refractivity contribution in [3.05, 3.63) is 23.8 Å². The van der Waals surface area contributed by atoms with Gasteiger partial charge in [-0.15, -0.1) is 0 Å². The topological polar surface area (TPSA) is 86.5 Å². The lowest BCUT2D eigenvalue weighted by atomic mass is 10.2. The quantitative estimate of drug-likeness (QED) is 0.628. The molecule has 0 spiro atoms. The van der Waals surface area contributed by atoms with Crippen LogP contribution in [0.4, 0.5) is 5.69 Å². The Kier molecular flexibility index (Phi) is 3.54. The molecule has 0 atom stereocenters. The zero-order chi connectivity index (χ0) is 12.3. The molecule has 16 heavy (non-hydrogen) atoms. The van der Waals surface area contributed by atoms with Crippen LogP contribution in [0.25, 0.3) is 0 Å². The van der Waals surface area contributed by atoms with E-state index in [-0.39, 0.29) is 21.9 Å². The maximum atomic E-state index is 11.5. The fraction of sp³-hybridized carbons (Fsp3) is 0.300. The van der Waals surface area contributed by atoms with E-state index in [0.717, 1.165) is 0 Å². The first kappa shape index (κ1) is 12.5. The molecule has 0 radical (unpaired) electrons. The van der Waals surface area contributed by atoms with Crippen molar-refractivity contribution in [3.63, 3.8) is 0 Å². The van der Waals surface area contributed by atoms with Gasteiger partial charge in [-0.25, -0.2) is 13.2 Å². The number of nitrogens with two attached hydrogens (primary N) is 1. The molecular formula is C10H13NO4S. The molecule has 0 unspecified atom stereocenters. The van der Waals surface area contributed by atoms with Gasteiger partial charge in [-0.1, -0.05) is 6.92 Å². The third-order valence-electron chi connectivity index (χ3n) is 2.17. The van der Waals surface area contributed by atoms with Gasteiger partial charge in [0, 0.05) is 5.69 Å². The molecule has 1 aromatic rings. The number of rotatable bonds is 3. The van der Waals surface area contributed by atoms with E-state index in [1.165, 1.54) is 25.3 Å². The Morgan fingerprint density at radius 3 is 2.50 bits per heavy atom. The molecule has 0 heterocycles. The van der Waals surface area contributed by atoms with Gasteiger partial charge < -0.3 is 10.5 Å². The van der Waals surface area contributed by atoms with Crippen LogP contribution < -0.4 is 5.73 Å². The lowest BCUT2D eigenvalue weighted by Gasteiger charge is -2.06. The minimum Gasteiger partial charge on any atom is -0.465 e. The molecule has 0 aliphatic rings. The predicted octanol–water partition coefficient (Wildman–Crippen LogP) is 0.849. The van der Waals surface area contributed by atoms with Crippen molar-refractivity contribution in [2.24, 2.45) is 0 Å². The molecule has 1 rings (SSSR count). The lowest BCUT2D eigenvalue weighted by molar-refractivity contribution is 0.0602. The number of methoxy groups -OCH3 is 1. The summed E-state index contributed by atoms with van der Waals surface area (Å²) < 4.78 is 27.6. The summed E-state index contributed by atoms with van der Waals surface area (Å²) in [5.74, 6) is -0.595. The number of carbonyl (C=O) groups is 1. The average Bonchev–Trinajstić information content (AvgIpc) is 2.28. The van der Waals surface area contributed by atoms with Crippen molar-refractivity contribution in [2.75, 3.05) is 18.6 Å². The Labute approximate surface area is 94.1 Å². The summed E-state index contributed by atoms with van der Waals surface area (Å²) in [6, 6.07) is 3.97. The number of sulfone groups is 1. The molecular weight excluding hydrogens is 230 g/mol. The van der Waals surface area contributed by atoms with Gasteiger partial charge >= 0.3 is 5.97 Å². The zero-order valence-corrected chi connectivity index (χ0v) is 9.87. The van der Waals surface area contributed by atoms with Gasteiger partial charge in [0.2, 0.25) is 0 Å². The first-order valence-corrected chi connectivity index (χ1v) is 6.28. The van der Waals surface area contributed by atoms with Crippen LogP contribution in [-0.4, -0.2) is 27.2 Å². The van der Waals surface area contributed by atoms with Gasteiger partial charge in [0.1, 0.15) is 0 Å². The molecule has 0 aliphatic carbocycles. The van der Waals surface area contributed by atoms with Gasteiger partial charge in [-0.05, 0) is 18.2 Å². The van der Waals surface area contributed by atoms with E-state index >= 15 is 0 Å². The molecule has 0 saturated heterocycles. The smallest absolute Gasteiger partial charge is 0.339 e. The summed E-state index contributed by atoms with van der Waals surface area (Å²) in [5, 5.41) is 0. The van der Waals surface area contributed by atoms with Crippen molar-refractivity contribution in [3.8, 4) is 0 Å². The third kappa shape index (κ3) is 2.33. The molecule has 0 saturated carbocycles. The number of esters is 1. The zero-order valence-electron chi connectivity index (χ0n) is 9.06. The monoisotopic (exact) mass is 243 g/mol. The van der Waals surface area contributed by atoms with Crippen LogP contribution in [0.3, 0.4) is 0 Å². The molecule has 0 amide bonds. The number of hydrogen-bond acceptors (Lipinski definition) is 5. The summed E-state index contributed by atoms with van der Waals surface area (Å²) in [5.41, 5.74) is 5.85. The summed E-state index contributed by atoms with van der Waals surface area (Å²) in [7, 11) is -2.07. The summed E-state index contributed by atoms with van der Waals surface area (Å²) >= 11 is 0. The molecule has 1 aromatic carbocycles. The van der Waals surface area contributed by atoms with Crippen LogP contribution in [0.1, 0.15) is 17.3 Å². The van der Waals surface area contributed by atoms with E-state index in [4.69, 9.17) is 5.73 Å². The Morgan fingerprint density at radius 1 is 1.44 bits per heavy atom. The Balaban J connectivity index is 3.25. The van der Waals surface area contributed by atoms with Crippen LogP contribution in [-0.2, 0) is 14.6 Å². The fourth-order valence-corrected chi connectivity index (χ4v) is 2.11. The van der Waals surface area contributed by atoms with Crippen molar-refractivity contribution >= 4 is 21.5 Å². The maximum Gasteiger partial charge on any atom is 0.339 e. The standard InChI is InChI=1S/C10H13NO4S/c1-3-16(13,14)7-4-5-8(9(11)6-7)10(12)15-2/h4-6H,3,11H2,1-2H3. The van der Waals surface area contributed by atoms with E-state index in [2.05, 4.69) is 4.74 Å². The SMILES string of the molecule is CCS(=O)(=O)c1ccc(C(=O)OC)c(N)c1. The summed E-state index contributed by atoms with van der Waals surface area (Å²) in [6.45, 7) is 1.54. The first-order chi connectivity index (χ1) is 7.42. The highest BCUT2D eigenvalue weighted by Crippen LogP contribution is 2.19. The van der Waals surface area contributed by atoms with E-state index in [9.17, 15) is 13.2 Å². The number of benzene rings is 1. The van der Waals surface area contributed by atoms with E-state index < -0.39 is 15.8 Å². The maximum absolute atomic E-state index is 11.5. The highest BCUT2D eigenvalue weighted by Gasteiger charge is 2.16. The molecule has 0 bridgehead atoms. The molecule has 5 nitrogen and oxygen atoms in total. The predicted molar refractivity (Wildman–Crippen MR) is 59.9 cm³/mol. The third-order valence-corrected chi connectivity index (χ3v) is 3.90. The lowest BCUT2D eigenvalue weighted by Crippen LogP contribution is -2.09. The van der Waals surface area contributed by atoms with E-state index in [0.29, 0.717) is 0 Å². The molecule has 6 heteroatoms. The number of carbonyl (C=O) groups excluding carboxylic acids is 1. The molecule has 88 valence electrons. The Morgan fingerprint density at radius 2 is 2.06 bits per heavy atom. The van der Waals surface area contributed by atoms with Gasteiger partial charge in [-0.2, -0.15) is 0 Å².